The van der Waals surface area contributed by atoms with E-state index in [-0.39, 0.29) is 11.7 Å². The van der Waals surface area contributed by atoms with Crippen LogP contribution in [0.3, 0.4) is 0 Å². The van der Waals surface area contributed by atoms with Crippen molar-refractivity contribution in [2.45, 2.75) is 20.3 Å². The molecule has 0 spiro atoms. The van der Waals surface area contributed by atoms with Crippen molar-refractivity contribution in [2.75, 3.05) is 17.6 Å². The van der Waals surface area contributed by atoms with Gasteiger partial charge in [-0.05, 0) is 12.3 Å². The lowest BCUT2D eigenvalue weighted by molar-refractivity contribution is 0.411. The second kappa shape index (κ2) is 5.81. The summed E-state index contributed by atoms with van der Waals surface area (Å²) in [6.45, 7) is 3.94. The molecule has 1 heterocycles. The number of aromatic nitrogens is 2. The number of hydrogen-bond acceptors (Lipinski definition) is 5. The van der Waals surface area contributed by atoms with E-state index in [2.05, 4.69) is 14.7 Å². The van der Waals surface area contributed by atoms with Crippen LogP contribution in [-0.4, -0.2) is 31.2 Å². The van der Waals surface area contributed by atoms with Crippen LogP contribution in [0.25, 0.3) is 0 Å². The lowest BCUT2D eigenvalue weighted by Crippen LogP contribution is -2.19. The molecule has 7 heteroatoms. The van der Waals surface area contributed by atoms with Gasteiger partial charge in [-0.15, -0.1) is 0 Å². The molecule has 0 fully saturated rings. The number of nitrogens with zero attached hydrogens (tertiary/aromatic N) is 2. The highest BCUT2D eigenvalue weighted by Gasteiger charge is 2.12. The maximum absolute atomic E-state index is 11.6. The summed E-state index contributed by atoms with van der Waals surface area (Å²) in [4.78, 5) is 7.67. The Hall–Kier alpha value is -1.37. The Morgan fingerprint density at radius 3 is 2.41 bits per heavy atom. The second-order valence-electron chi connectivity index (χ2n) is 4.05. The van der Waals surface area contributed by atoms with Crippen LogP contribution in [0.15, 0.2) is 12.4 Å². The molecule has 17 heavy (non-hydrogen) atoms. The van der Waals surface area contributed by atoms with Crippen molar-refractivity contribution in [2.24, 2.45) is 5.92 Å². The number of ether oxygens (including phenoxy) is 1. The zero-order chi connectivity index (χ0) is 12.9. The molecule has 0 saturated heterocycles. The first kappa shape index (κ1) is 13.7. The van der Waals surface area contributed by atoms with E-state index in [4.69, 9.17) is 4.74 Å². The Morgan fingerprint density at radius 1 is 1.35 bits per heavy atom. The fraction of sp³-hybridized carbons (Fsp3) is 0.600. The molecular weight excluding hydrogens is 242 g/mol. The van der Waals surface area contributed by atoms with Gasteiger partial charge in [-0.2, -0.15) is 0 Å². The number of sulfonamides is 1. The monoisotopic (exact) mass is 259 g/mol. The van der Waals surface area contributed by atoms with Crippen LogP contribution < -0.4 is 9.46 Å². The normalized spacial score (nSPS) is 11.5. The van der Waals surface area contributed by atoms with E-state index >= 15 is 0 Å². The van der Waals surface area contributed by atoms with Crippen LogP contribution >= 0.6 is 0 Å². The van der Waals surface area contributed by atoms with E-state index in [9.17, 15) is 8.42 Å². The molecule has 0 aromatic carbocycles. The first-order chi connectivity index (χ1) is 7.93. The van der Waals surface area contributed by atoms with Gasteiger partial charge in [-0.1, -0.05) is 13.8 Å². The van der Waals surface area contributed by atoms with E-state index in [1.165, 1.54) is 19.5 Å². The molecule has 0 saturated carbocycles. The molecule has 0 unspecified atom stereocenters. The first-order valence-corrected chi connectivity index (χ1v) is 6.94. The minimum atomic E-state index is -3.37. The molecule has 6 nitrogen and oxygen atoms in total. The van der Waals surface area contributed by atoms with E-state index in [0.29, 0.717) is 18.1 Å². The van der Waals surface area contributed by atoms with Crippen LogP contribution in [0.1, 0.15) is 20.3 Å². The maximum Gasteiger partial charge on any atom is 0.236 e. The Balaban J connectivity index is 2.63. The summed E-state index contributed by atoms with van der Waals surface area (Å²) in [5, 5.41) is 0. The van der Waals surface area contributed by atoms with E-state index in [1.807, 2.05) is 13.8 Å². The van der Waals surface area contributed by atoms with E-state index in [0.717, 1.165) is 0 Å². The molecular formula is C10H17N3O3S. The maximum atomic E-state index is 11.6. The highest BCUT2D eigenvalue weighted by molar-refractivity contribution is 7.92. The number of anilines is 1. The standard InChI is InChI=1S/C10H17N3O3S/c1-8(2)4-5-17(14,15)13-10-11-6-9(16-3)7-12-10/h6-8H,4-5H2,1-3H3,(H,11,12,13). The quantitative estimate of drug-likeness (QED) is 0.832. The third kappa shape index (κ3) is 4.99. The zero-order valence-electron chi connectivity index (χ0n) is 10.2. The average molecular weight is 259 g/mol. The number of hydrogen-bond donors (Lipinski definition) is 1. The van der Waals surface area contributed by atoms with Gasteiger partial charge in [-0.25, -0.2) is 18.4 Å². The van der Waals surface area contributed by atoms with Crippen molar-refractivity contribution in [3.8, 4) is 5.75 Å². The van der Waals surface area contributed by atoms with Crippen LogP contribution in [0, 0.1) is 5.92 Å². The highest BCUT2D eigenvalue weighted by atomic mass is 32.2. The largest absolute Gasteiger partial charge is 0.494 e. The molecule has 0 bridgehead atoms. The Kier molecular flexibility index (Phi) is 4.68. The Bertz CT molecular complexity index is 442. The van der Waals surface area contributed by atoms with Crippen molar-refractivity contribution < 1.29 is 13.2 Å². The van der Waals surface area contributed by atoms with Gasteiger partial charge in [-0.3, -0.25) is 4.72 Å². The smallest absolute Gasteiger partial charge is 0.236 e. The molecule has 0 atom stereocenters. The minimum Gasteiger partial charge on any atom is -0.494 e. The van der Waals surface area contributed by atoms with Gasteiger partial charge in [0.25, 0.3) is 0 Å². The summed E-state index contributed by atoms with van der Waals surface area (Å²) in [6.07, 6.45) is 3.42. The number of rotatable bonds is 6. The van der Waals surface area contributed by atoms with Crippen molar-refractivity contribution in [3.05, 3.63) is 12.4 Å². The van der Waals surface area contributed by atoms with Gasteiger partial charge in [0, 0.05) is 0 Å². The summed E-state index contributed by atoms with van der Waals surface area (Å²) in [6, 6.07) is 0. The Labute approximate surface area is 101 Å². The fourth-order valence-electron chi connectivity index (χ4n) is 1.06. The van der Waals surface area contributed by atoms with Crippen molar-refractivity contribution in [1.29, 1.82) is 0 Å². The van der Waals surface area contributed by atoms with Gasteiger partial charge < -0.3 is 4.74 Å². The van der Waals surface area contributed by atoms with Gasteiger partial charge in [0.15, 0.2) is 5.75 Å². The van der Waals surface area contributed by atoms with Gasteiger partial charge in [0.1, 0.15) is 0 Å². The average Bonchev–Trinajstić information content (AvgIpc) is 2.27. The SMILES string of the molecule is COc1cnc(NS(=O)(=O)CCC(C)C)nc1. The molecule has 1 aromatic heterocycles. The third-order valence-corrected chi connectivity index (χ3v) is 3.34. The van der Waals surface area contributed by atoms with Crippen LogP contribution in [-0.2, 0) is 10.0 Å². The predicted molar refractivity (Wildman–Crippen MR) is 65.4 cm³/mol. The lowest BCUT2D eigenvalue weighted by atomic mass is 10.2. The van der Waals surface area contributed by atoms with E-state index in [1.54, 1.807) is 0 Å². The molecule has 0 radical (unpaired) electrons. The fourth-order valence-corrected chi connectivity index (χ4v) is 2.32. The molecule has 0 aliphatic carbocycles. The Morgan fingerprint density at radius 2 is 1.94 bits per heavy atom. The molecule has 1 aromatic rings. The lowest BCUT2D eigenvalue weighted by Gasteiger charge is -2.08. The summed E-state index contributed by atoms with van der Waals surface area (Å²) >= 11 is 0. The molecule has 1 N–H and O–H groups in total. The predicted octanol–water partition coefficient (Wildman–Crippen LogP) is 1.27. The zero-order valence-corrected chi connectivity index (χ0v) is 11.0. The number of nitrogens with one attached hydrogen (secondary N) is 1. The third-order valence-electron chi connectivity index (χ3n) is 2.07. The van der Waals surface area contributed by atoms with Crippen LogP contribution in [0.5, 0.6) is 5.75 Å². The summed E-state index contributed by atoms with van der Waals surface area (Å²) in [5.41, 5.74) is 0. The van der Waals surface area contributed by atoms with Crippen LogP contribution in [0.4, 0.5) is 5.95 Å². The minimum absolute atomic E-state index is 0.0644. The van der Waals surface area contributed by atoms with Crippen LogP contribution in [0.2, 0.25) is 0 Å². The van der Waals surface area contributed by atoms with Crippen molar-refractivity contribution >= 4 is 16.0 Å². The molecule has 0 amide bonds. The number of methoxy groups -OCH3 is 1. The van der Waals surface area contributed by atoms with Crippen molar-refractivity contribution in [3.63, 3.8) is 0 Å². The molecule has 0 aliphatic heterocycles. The summed E-state index contributed by atoms with van der Waals surface area (Å²) < 4.78 is 30.5. The van der Waals surface area contributed by atoms with E-state index < -0.39 is 10.0 Å². The van der Waals surface area contributed by atoms with Gasteiger partial charge in [0.2, 0.25) is 16.0 Å². The van der Waals surface area contributed by atoms with Gasteiger partial charge >= 0.3 is 0 Å². The molecule has 96 valence electrons. The van der Waals surface area contributed by atoms with Gasteiger partial charge in [0.05, 0.1) is 25.3 Å². The topological polar surface area (TPSA) is 81.2 Å². The second-order valence-corrected chi connectivity index (χ2v) is 5.89. The molecule has 0 aliphatic rings. The van der Waals surface area contributed by atoms with Crippen molar-refractivity contribution in [1.82, 2.24) is 9.97 Å². The highest BCUT2D eigenvalue weighted by Crippen LogP contribution is 2.10. The summed E-state index contributed by atoms with van der Waals surface area (Å²) in [7, 11) is -1.87. The molecule has 1 rings (SSSR count). The first-order valence-electron chi connectivity index (χ1n) is 5.29. The summed E-state index contributed by atoms with van der Waals surface area (Å²) in [5.74, 6) is 0.952.